The molecule has 0 bridgehead atoms. The number of carbonyl (C=O) groups excluding carboxylic acids is 2. The van der Waals surface area contributed by atoms with Crippen molar-refractivity contribution >= 4 is 11.7 Å². The first-order chi connectivity index (χ1) is 13.6. The molecule has 0 N–H and O–H groups in total. The van der Waals surface area contributed by atoms with E-state index in [1.54, 1.807) is 6.92 Å². The smallest absolute Gasteiger partial charge is 0.230 e. The zero-order valence-corrected chi connectivity index (χ0v) is 16.9. The van der Waals surface area contributed by atoms with Crippen LogP contribution in [0.25, 0.3) is 0 Å². The Morgan fingerprint density at radius 2 is 1.61 bits per heavy atom. The molecule has 28 heavy (non-hydrogen) atoms. The standard InChI is InChI=1S/C25H31NO2/c1-20(27)12-6-3-2-4-9-17-24-23-16-11-10-15-22(23)19-26(25(24)28)18-21-13-7-5-8-14-21/h5,7-8,10-11,13-16,24H,2-4,6,9,12,17-19H2,1H3/t24-/m0/s1. The molecule has 0 fully saturated rings. The molecule has 1 amide bonds. The molecule has 1 aliphatic heterocycles. The fraction of sp³-hybridized carbons (Fsp3) is 0.440. The number of carbonyl (C=O) groups is 2. The molecule has 0 aliphatic carbocycles. The van der Waals surface area contributed by atoms with Crippen molar-refractivity contribution in [1.82, 2.24) is 4.90 Å². The Bertz CT molecular complexity index is 784. The lowest BCUT2D eigenvalue weighted by atomic mass is 9.85. The van der Waals surface area contributed by atoms with Crippen LogP contribution in [0.3, 0.4) is 0 Å². The number of amides is 1. The average molecular weight is 378 g/mol. The summed E-state index contributed by atoms with van der Waals surface area (Å²) in [6.45, 7) is 3.04. The highest BCUT2D eigenvalue weighted by Crippen LogP contribution is 2.34. The van der Waals surface area contributed by atoms with Crippen molar-refractivity contribution in [1.29, 1.82) is 0 Å². The number of unbranched alkanes of at least 4 members (excludes halogenated alkanes) is 4. The predicted molar refractivity (Wildman–Crippen MR) is 113 cm³/mol. The van der Waals surface area contributed by atoms with E-state index in [2.05, 4.69) is 30.3 Å². The lowest BCUT2D eigenvalue weighted by Gasteiger charge is -2.34. The minimum absolute atomic E-state index is 0.0223. The molecule has 2 aromatic rings. The van der Waals surface area contributed by atoms with Crippen molar-refractivity contribution in [2.75, 3.05) is 0 Å². The largest absolute Gasteiger partial charge is 0.334 e. The summed E-state index contributed by atoms with van der Waals surface area (Å²) in [4.78, 5) is 26.2. The second kappa shape index (κ2) is 10.2. The van der Waals surface area contributed by atoms with Gasteiger partial charge in [0.2, 0.25) is 5.91 Å². The molecule has 1 aliphatic rings. The molecule has 148 valence electrons. The molecule has 0 saturated heterocycles. The van der Waals surface area contributed by atoms with Gasteiger partial charge in [0, 0.05) is 19.5 Å². The molecule has 0 aromatic heterocycles. The number of Topliss-reactive ketones (excluding diaryl/α,β-unsaturated/α-hetero) is 1. The zero-order chi connectivity index (χ0) is 19.8. The minimum atomic E-state index is -0.0223. The number of nitrogens with zero attached hydrogens (tertiary/aromatic N) is 1. The molecule has 3 rings (SSSR count). The Kier molecular flexibility index (Phi) is 7.41. The lowest BCUT2D eigenvalue weighted by molar-refractivity contribution is -0.135. The van der Waals surface area contributed by atoms with Gasteiger partial charge in [-0.05, 0) is 36.5 Å². The van der Waals surface area contributed by atoms with Crippen LogP contribution in [-0.4, -0.2) is 16.6 Å². The van der Waals surface area contributed by atoms with Gasteiger partial charge in [0.05, 0.1) is 5.92 Å². The molecule has 2 aromatic carbocycles. The predicted octanol–water partition coefficient (Wildman–Crippen LogP) is 5.63. The lowest BCUT2D eigenvalue weighted by Crippen LogP contribution is -2.38. The van der Waals surface area contributed by atoms with Crippen LogP contribution < -0.4 is 0 Å². The van der Waals surface area contributed by atoms with Gasteiger partial charge in [0.15, 0.2) is 0 Å². The Hall–Kier alpha value is -2.42. The highest BCUT2D eigenvalue weighted by molar-refractivity contribution is 5.85. The highest BCUT2D eigenvalue weighted by Gasteiger charge is 2.32. The maximum atomic E-state index is 13.2. The van der Waals surface area contributed by atoms with E-state index in [1.165, 1.54) is 16.7 Å². The number of hydrogen-bond acceptors (Lipinski definition) is 2. The van der Waals surface area contributed by atoms with Gasteiger partial charge >= 0.3 is 0 Å². The molecule has 0 spiro atoms. The maximum Gasteiger partial charge on any atom is 0.230 e. The third kappa shape index (κ3) is 5.54. The number of benzene rings is 2. The molecule has 0 unspecified atom stereocenters. The van der Waals surface area contributed by atoms with E-state index in [-0.39, 0.29) is 17.6 Å². The molecule has 1 atom stereocenters. The molecule has 3 heteroatoms. The monoisotopic (exact) mass is 377 g/mol. The van der Waals surface area contributed by atoms with Crippen molar-refractivity contribution < 1.29 is 9.59 Å². The van der Waals surface area contributed by atoms with Gasteiger partial charge in [0.1, 0.15) is 5.78 Å². The Balaban J connectivity index is 1.58. The summed E-state index contributed by atoms with van der Waals surface area (Å²) in [5.74, 6) is 0.521. The van der Waals surface area contributed by atoms with Crippen LogP contribution in [-0.2, 0) is 22.7 Å². The fourth-order valence-electron chi connectivity index (χ4n) is 4.12. The van der Waals surface area contributed by atoms with Crippen LogP contribution in [0.1, 0.15) is 74.5 Å². The highest BCUT2D eigenvalue weighted by atomic mass is 16.2. The van der Waals surface area contributed by atoms with Gasteiger partial charge in [-0.1, -0.05) is 80.3 Å². The number of fused-ring (bicyclic) bond motifs is 1. The van der Waals surface area contributed by atoms with Crippen LogP contribution in [0, 0.1) is 0 Å². The molecular formula is C25H31NO2. The van der Waals surface area contributed by atoms with Crippen molar-refractivity contribution in [3.8, 4) is 0 Å². The van der Waals surface area contributed by atoms with E-state index >= 15 is 0 Å². The van der Waals surface area contributed by atoms with E-state index in [4.69, 9.17) is 0 Å². The maximum absolute atomic E-state index is 13.2. The third-order valence-electron chi connectivity index (χ3n) is 5.64. The SMILES string of the molecule is CC(=O)CCCCCCC[C@@H]1C(=O)N(Cc2ccccc2)Cc2ccccc21. The number of rotatable bonds is 10. The van der Waals surface area contributed by atoms with Crippen LogP contribution >= 0.6 is 0 Å². The van der Waals surface area contributed by atoms with Crippen molar-refractivity contribution in [2.45, 2.75) is 70.9 Å². The second-order valence-electron chi connectivity index (χ2n) is 7.94. The van der Waals surface area contributed by atoms with E-state index in [0.717, 1.165) is 38.5 Å². The van der Waals surface area contributed by atoms with Gasteiger partial charge in [-0.25, -0.2) is 0 Å². The van der Waals surface area contributed by atoms with E-state index in [9.17, 15) is 9.59 Å². The summed E-state index contributed by atoms with van der Waals surface area (Å²) in [6, 6.07) is 18.7. The first-order valence-corrected chi connectivity index (χ1v) is 10.5. The van der Waals surface area contributed by atoms with Crippen molar-refractivity contribution in [3.05, 3.63) is 71.3 Å². The Morgan fingerprint density at radius 1 is 0.929 bits per heavy atom. The number of ketones is 1. The van der Waals surface area contributed by atoms with E-state index in [1.807, 2.05) is 29.2 Å². The third-order valence-corrected chi connectivity index (χ3v) is 5.64. The van der Waals surface area contributed by atoms with Crippen molar-refractivity contribution in [3.63, 3.8) is 0 Å². The summed E-state index contributed by atoms with van der Waals surface area (Å²) in [5, 5.41) is 0. The molecule has 0 saturated carbocycles. The first-order valence-electron chi connectivity index (χ1n) is 10.5. The molecule has 3 nitrogen and oxygen atoms in total. The number of hydrogen-bond donors (Lipinski definition) is 0. The van der Waals surface area contributed by atoms with Crippen LogP contribution in [0.4, 0.5) is 0 Å². The van der Waals surface area contributed by atoms with E-state index < -0.39 is 0 Å². The molecule has 1 heterocycles. The van der Waals surface area contributed by atoms with Gasteiger partial charge in [-0.3, -0.25) is 4.79 Å². The topological polar surface area (TPSA) is 37.4 Å². The summed E-state index contributed by atoms with van der Waals surface area (Å²) >= 11 is 0. The zero-order valence-electron chi connectivity index (χ0n) is 16.9. The average Bonchev–Trinajstić information content (AvgIpc) is 2.70. The van der Waals surface area contributed by atoms with Gasteiger partial charge in [-0.2, -0.15) is 0 Å². The summed E-state index contributed by atoms with van der Waals surface area (Å²) < 4.78 is 0. The van der Waals surface area contributed by atoms with Gasteiger partial charge < -0.3 is 9.69 Å². The van der Waals surface area contributed by atoms with Crippen LogP contribution in [0.15, 0.2) is 54.6 Å². The fourth-order valence-corrected chi connectivity index (χ4v) is 4.12. The van der Waals surface area contributed by atoms with Crippen LogP contribution in [0.5, 0.6) is 0 Å². The van der Waals surface area contributed by atoms with Crippen LogP contribution in [0.2, 0.25) is 0 Å². The van der Waals surface area contributed by atoms with E-state index in [0.29, 0.717) is 19.5 Å². The quantitative estimate of drug-likeness (QED) is 0.503. The molecule has 0 radical (unpaired) electrons. The Morgan fingerprint density at radius 3 is 2.39 bits per heavy atom. The first kappa shape index (κ1) is 20.3. The molecular weight excluding hydrogens is 346 g/mol. The summed E-state index contributed by atoms with van der Waals surface area (Å²) in [5.41, 5.74) is 3.68. The van der Waals surface area contributed by atoms with Crippen molar-refractivity contribution in [2.24, 2.45) is 0 Å². The Labute approximate surface area is 168 Å². The summed E-state index contributed by atoms with van der Waals surface area (Å²) in [7, 11) is 0. The van der Waals surface area contributed by atoms with Gasteiger partial charge in [0.25, 0.3) is 0 Å². The summed E-state index contributed by atoms with van der Waals surface area (Å²) in [6.07, 6.45) is 7.03. The normalized spacial score (nSPS) is 16.1. The van der Waals surface area contributed by atoms with Gasteiger partial charge in [-0.15, -0.1) is 0 Å². The minimum Gasteiger partial charge on any atom is -0.334 e. The second-order valence-corrected chi connectivity index (χ2v) is 7.94.